The van der Waals surface area contributed by atoms with Crippen LogP contribution in [-0.4, -0.2) is 44.1 Å². The molecule has 0 aliphatic heterocycles. The summed E-state index contributed by atoms with van der Waals surface area (Å²) in [6, 6.07) is 0. The van der Waals surface area contributed by atoms with E-state index in [0.717, 1.165) is 4.57 Å². The molecule has 7 nitrogen and oxygen atoms in total. The lowest BCUT2D eigenvalue weighted by molar-refractivity contribution is -0.117. The molecule has 0 unspecified atom stereocenters. The first-order chi connectivity index (χ1) is 9.56. The van der Waals surface area contributed by atoms with Gasteiger partial charge >= 0.3 is 6.55 Å². The average molecular weight is 302 g/mol. The van der Waals surface area contributed by atoms with Gasteiger partial charge in [-0.1, -0.05) is 11.3 Å². The van der Waals surface area contributed by atoms with Gasteiger partial charge in [0.15, 0.2) is 0 Å². The molecule has 0 atom stereocenters. The number of rotatable bonds is 6. The van der Waals surface area contributed by atoms with Gasteiger partial charge in [0.25, 0.3) is 0 Å². The normalized spacial score (nSPS) is 11.2. The van der Waals surface area contributed by atoms with Crippen molar-refractivity contribution in [2.24, 2.45) is 0 Å². The van der Waals surface area contributed by atoms with Gasteiger partial charge in [0.2, 0.25) is 11.0 Å². The zero-order valence-electron chi connectivity index (χ0n) is 10.5. The topological polar surface area (TPSA) is 75.9 Å². The van der Waals surface area contributed by atoms with Crippen molar-refractivity contribution >= 4 is 22.4 Å². The van der Waals surface area contributed by atoms with E-state index >= 15 is 0 Å². The number of nitrogens with one attached hydrogen (secondary N) is 1. The van der Waals surface area contributed by atoms with Gasteiger partial charge in [0.05, 0.1) is 13.1 Å². The van der Waals surface area contributed by atoms with Gasteiger partial charge in [-0.2, -0.15) is 8.78 Å². The van der Waals surface area contributed by atoms with Gasteiger partial charge in [-0.15, -0.1) is 10.2 Å². The number of carbonyl (C=O) groups is 1. The third-order valence-electron chi connectivity index (χ3n) is 2.39. The van der Waals surface area contributed by atoms with E-state index in [9.17, 15) is 13.6 Å². The minimum Gasteiger partial charge on any atom is -0.299 e. The summed E-state index contributed by atoms with van der Waals surface area (Å²) >= 11 is 1.20. The lowest BCUT2D eigenvalue weighted by Gasteiger charge is -2.16. The molecule has 1 amide bonds. The monoisotopic (exact) mass is 302 g/mol. The summed E-state index contributed by atoms with van der Waals surface area (Å²) in [5, 5.41) is 10.2. The van der Waals surface area contributed by atoms with Crippen LogP contribution in [0, 0.1) is 0 Å². The van der Waals surface area contributed by atoms with E-state index in [2.05, 4.69) is 20.5 Å². The Hall–Kier alpha value is -1.94. The van der Waals surface area contributed by atoms with Gasteiger partial charge in [-0.3, -0.25) is 19.6 Å². The fraction of sp³-hybridized carbons (Fsp3) is 0.400. The molecular formula is C10H12F2N6OS. The summed E-state index contributed by atoms with van der Waals surface area (Å²) < 4.78 is 26.0. The number of hydrogen-bond donors (Lipinski definition) is 1. The van der Waals surface area contributed by atoms with Gasteiger partial charge in [0, 0.05) is 12.4 Å². The molecule has 0 aromatic carbocycles. The molecule has 108 valence electrons. The number of alkyl halides is 2. The molecule has 0 fully saturated rings. The first-order valence-corrected chi connectivity index (χ1v) is 6.48. The number of aromatic nitrogens is 4. The molecule has 2 rings (SSSR count). The average Bonchev–Trinajstić information content (AvgIpc) is 2.99. The van der Waals surface area contributed by atoms with E-state index in [0.29, 0.717) is 5.13 Å². The van der Waals surface area contributed by atoms with Crippen molar-refractivity contribution in [2.45, 2.75) is 13.1 Å². The molecule has 0 saturated carbocycles. The first kappa shape index (κ1) is 14.5. The van der Waals surface area contributed by atoms with Crippen LogP contribution in [0.1, 0.15) is 12.4 Å². The third-order valence-corrected chi connectivity index (χ3v) is 3.00. The van der Waals surface area contributed by atoms with Crippen LogP contribution in [0.15, 0.2) is 17.9 Å². The summed E-state index contributed by atoms with van der Waals surface area (Å²) in [7, 11) is 1.64. The molecule has 0 aliphatic carbocycles. The van der Waals surface area contributed by atoms with E-state index in [1.807, 2.05) is 0 Å². The fourth-order valence-electron chi connectivity index (χ4n) is 1.57. The van der Waals surface area contributed by atoms with E-state index in [4.69, 9.17) is 0 Å². The SMILES string of the molecule is CN(CC(=O)Nc1nncs1)Cc1nccn1C(F)F. The van der Waals surface area contributed by atoms with Crippen molar-refractivity contribution < 1.29 is 13.6 Å². The Labute approximate surface area is 117 Å². The summed E-state index contributed by atoms with van der Waals surface area (Å²) in [5.74, 6) is -0.0920. The molecule has 20 heavy (non-hydrogen) atoms. The zero-order valence-corrected chi connectivity index (χ0v) is 11.3. The number of imidazole rings is 1. The fourth-order valence-corrected chi connectivity index (χ4v) is 2.03. The maximum absolute atomic E-state index is 12.6. The molecule has 10 heteroatoms. The highest BCUT2D eigenvalue weighted by Crippen LogP contribution is 2.13. The Balaban J connectivity index is 1.87. The second-order valence-corrected chi connectivity index (χ2v) is 4.83. The Morgan fingerprint density at radius 2 is 2.40 bits per heavy atom. The Kier molecular flexibility index (Phi) is 4.69. The summed E-state index contributed by atoms with van der Waals surface area (Å²) in [4.78, 5) is 17.1. The van der Waals surface area contributed by atoms with Gasteiger partial charge < -0.3 is 0 Å². The van der Waals surface area contributed by atoms with Crippen molar-refractivity contribution in [3.05, 3.63) is 23.7 Å². The van der Waals surface area contributed by atoms with E-state index < -0.39 is 6.55 Å². The highest BCUT2D eigenvalue weighted by atomic mass is 32.1. The van der Waals surface area contributed by atoms with Crippen LogP contribution in [0.2, 0.25) is 0 Å². The van der Waals surface area contributed by atoms with Crippen molar-refractivity contribution in [2.75, 3.05) is 18.9 Å². The van der Waals surface area contributed by atoms with Crippen LogP contribution >= 0.6 is 11.3 Å². The smallest absolute Gasteiger partial charge is 0.299 e. The minimum atomic E-state index is -2.64. The number of likely N-dealkylation sites (N-methyl/N-ethyl adjacent to an activating group) is 1. The second kappa shape index (κ2) is 6.48. The molecule has 1 N–H and O–H groups in total. The summed E-state index contributed by atoms with van der Waals surface area (Å²) in [5.41, 5.74) is 1.50. The maximum atomic E-state index is 12.6. The molecule has 0 bridgehead atoms. The second-order valence-electron chi connectivity index (χ2n) is 3.99. The zero-order chi connectivity index (χ0) is 14.5. The van der Waals surface area contributed by atoms with Crippen molar-refractivity contribution in [1.82, 2.24) is 24.6 Å². The predicted molar refractivity (Wildman–Crippen MR) is 68.4 cm³/mol. The molecule has 0 saturated heterocycles. The molecule has 0 spiro atoms. The highest BCUT2D eigenvalue weighted by molar-refractivity contribution is 7.13. The first-order valence-electron chi connectivity index (χ1n) is 5.60. The summed E-state index contributed by atoms with van der Waals surface area (Å²) in [6.45, 7) is -2.47. The quantitative estimate of drug-likeness (QED) is 0.867. The lowest BCUT2D eigenvalue weighted by atomic mass is 10.4. The number of amides is 1. The van der Waals surface area contributed by atoms with E-state index in [-0.39, 0.29) is 24.8 Å². The van der Waals surface area contributed by atoms with Gasteiger partial charge in [0.1, 0.15) is 11.3 Å². The van der Waals surface area contributed by atoms with E-state index in [1.54, 1.807) is 11.9 Å². The predicted octanol–water partition coefficient (Wildman–Crippen LogP) is 1.20. The summed E-state index contributed by atoms with van der Waals surface area (Å²) in [6.07, 6.45) is 2.51. The highest BCUT2D eigenvalue weighted by Gasteiger charge is 2.15. The molecule has 0 radical (unpaired) electrons. The van der Waals surface area contributed by atoms with Crippen LogP contribution in [0.4, 0.5) is 13.9 Å². The Bertz CT molecular complexity index is 558. The van der Waals surface area contributed by atoms with Gasteiger partial charge in [-0.05, 0) is 7.05 Å². The molecule has 0 aliphatic rings. The molecule has 2 aromatic rings. The van der Waals surface area contributed by atoms with Crippen LogP contribution in [0.3, 0.4) is 0 Å². The standard InChI is InChI=1S/C10H12F2N6OS/c1-17(4-7-13-2-3-18(7)9(11)12)5-8(19)15-10-16-14-6-20-10/h2-3,6,9H,4-5H2,1H3,(H,15,16,19). The largest absolute Gasteiger partial charge is 0.319 e. The maximum Gasteiger partial charge on any atom is 0.319 e. The number of hydrogen-bond acceptors (Lipinski definition) is 6. The molecule has 2 heterocycles. The van der Waals surface area contributed by atoms with Crippen molar-refractivity contribution in [3.8, 4) is 0 Å². The minimum absolute atomic E-state index is 0.0374. The number of nitrogens with zero attached hydrogens (tertiary/aromatic N) is 5. The number of carbonyl (C=O) groups excluding carboxylic acids is 1. The number of halogens is 2. The van der Waals surface area contributed by atoms with Crippen LogP contribution in [0.25, 0.3) is 0 Å². The van der Waals surface area contributed by atoms with Gasteiger partial charge in [-0.25, -0.2) is 4.98 Å². The van der Waals surface area contributed by atoms with E-state index in [1.165, 1.54) is 29.2 Å². The number of anilines is 1. The Morgan fingerprint density at radius 1 is 1.60 bits per heavy atom. The molecule has 2 aromatic heterocycles. The van der Waals surface area contributed by atoms with Crippen molar-refractivity contribution in [3.63, 3.8) is 0 Å². The third kappa shape index (κ3) is 3.78. The van der Waals surface area contributed by atoms with Crippen molar-refractivity contribution in [1.29, 1.82) is 0 Å². The van der Waals surface area contributed by atoms with Crippen LogP contribution in [-0.2, 0) is 11.3 Å². The van der Waals surface area contributed by atoms with Crippen LogP contribution < -0.4 is 5.32 Å². The molecular weight excluding hydrogens is 290 g/mol. The Morgan fingerprint density at radius 3 is 3.05 bits per heavy atom. The van der Waals surface area contributed by atoms with Crippen LogP contribution in [0.5, 0.6) is 0 Å². The lowest BCUT2D eigenvalue weighted by Crippen LogP contribution is -2.30.